The summed E-state index contributed by atoms with van der Waals surface area (Å²) in [6, 6.07) is 13.1. The number of carbonyl (C=O) groups excluding carboxylic acids is 2. The Hall–Kier alpha value is -3.47. The van der Waals surface area contributed by atoms with E-state index in [0.717, 1.165) is 5.56 Å². The van der Waals surface area contributed by atoms with Crippen LogP contribution < -0.4 is 4.90 Å². The van der Waals surface area contributed by atoms with E-state index in [0.29, 0.717) is 26.4 Å². The molecule has 4 heterocycles. The molecule has 5 rings (SSSR count). The Kier molecular flexibility index (Phi) is 6.42. The van der Waals surface area contributed by atoms with Crippen LogP contribution in [0.3, 0.4) is 0 Å². The summed E-state index contributed by atoms with van der Waals surface area (Å²) in [7, 11) is 0. The Morgan fingerprint density at radius 2 is 1.94 bits per heavy atom. The van der Waals surface area contributed by atoms with Crippen molar-refractivity contribution in [1.29, 1.82) is 0 Å². The molecule has 1 unspecified atom stereocenters. The minimum Gasteiger partial charge on any atom is -0.503 e. The second-order valence-corrected chi connectivity index (χ2v) is 10.2. The third kappa shape index (κ3) is 4.47. The average Bonchev–Trinajstić information content (AvgIpc) is 3.57. The predicted molar refractivity (Wildman–Crippen MR) is 133 cm³/mol. The van der Waals surface area contributed by atoms with Gasteiger partial charge < -0.3 is 9.52 Å². The lowest BCUT2D eigenvalue weighted by Gasteiger charge is -2.23. The van der Waals surface area contributed by atoms with Crippen molar-refractivity contribution in [2.45, 2.75) is 23.1 Å². The lowest BCUT2D eigenvalue weighted by Crippen LogP contribution is -2.31. The zero-order chi connectivity index (χ0) is 24.5. The van der Waals surface area contributed by atoms with Gasteiger partial charge in [0, 0.05) is 23.2 Å². The quantitative estimate of drug-likeness (QED) is 0.190. The molecule has 11 heteroatoms. The number of benzene rings is 1. The van der Waals surface area contributed by atoms with Crippen molar-refractivity contribution in [1.82, 2.24) is 15.2 Å². The first-order valence-electron chi connectivity index (χ1n) is 10.4. The fourth-order valence-corrected chi connectivity index (χ4v) is 5.85. The van der Waals surface area contributed by atoms with Gasteiger partial charge in [0.25, 0.3) is 5.91 Å². The van der Waals surface area contributed by atoms with Crippen LogP contribution in [0.5, 0.6) is 0 Å². The number of furan rings is 1. The van der Waals surface area contributed by atoms with Crippen LogP contribution in [0.1, 0.15) is 33.5 Å². The summed E-state index contributed by atoms with van der Waals surface area (Å²) in [5.74, 6) is -0.818. The Bertz CT molecular complexity index is 1450. The smallest absolute Gasteiger partial charge is 0.296 e. The van der Waals surface area contributed by atoms with Gasteiger partial charge in [-0.3, -0.25) is 19.5 Å². The van der Waals surface area contributed by atoms with Crippen molar-refractivity contribution in [3.8, 4) is 0 Å². The summed E-state index contributed by atoms with van der Waals surface area (Å²) in [4.78, 5) is 31.8. The van der Waals surface area contributed by atoms with E-state index in [2.05, 4.69) is 15.2 Å². The Balaban J connectivity index is 1.48. The van der Waals surface area contributed by atoms with Crippen LogP contribution in [0.4, 0.5) is 5.13 Å². The Morgan fingerprint density at radius 3 is 2.66 bits per heavy atom. The van der Waals surface area contributed by atoms with Crippen LogP contribution in [-0.4, -0.2) is 32.0 Å². The third-order valence-corrected chi connectivity index (χ3v) is 7.82. The fraction of sp³-hybridized carbons (Fsp3) is 0.125. The average molecular weight is 525 g/mol. The van der Waals surface area contributed by atoms with E-state index < -0.39 is 23.5 Å². The number of hydrogen-bond acceptors (Lipinski definition) is 9. The number of aromatic nitrogens is 3. The van der Waals surface area contributed by atoms with E-state index in [1.165, 1.54) is 34.1 Å². The highest BCUT2D eigenvalue weighted by atomic mass is 35.5. The van der Waals surface area contributed by atoms with Gasteiger partial charge >= 0.3 is 0 Å². The highest BCUT2D eigenvalue weighted by Gasteiger charge is 2.46. The van der Waals surface area contributed by atoms with Crippen LogP contribution in [-0.2, 0) is 10.5 Å². The first kappa shape index (κ1) is 23.3. The Morgan fingerprint density at radius 1 is 1.17 bits per heavy atom. The molecule has 0 spiro atoms. The van der Waals surface area contributed by atoms with Gasteiger partial charge in [0.2, 0.25) is 10.9 Å². The van der Waals surface area contributed by atoms with Crippen molar-refractivity contribution < 1.29 is 19.1 Å². The van der Waals surface area contributed by atoms with E-state index in [4.69, 9.17) is 16.0 Å². The summed E-state index contributed by atoms with van der Waals surface area (Å²) in [5, 5.41) is 20.1. The van der Waals surface area contributed by atoms with Crippen LogP contribution in [0, 0.1) is 6.92 Å². The molecule has 176 valence electrons. The molecule has 0 saturated heterocycles. The van der Waals surface area contributed by atoms with Crippen LogP contribution in [0.2, 0.25) is 5.02 Å². The second-order valence-electron chi connectivity index (χ2n) is 7.59. The van der Waals surface area contributed by atoms with Crippen LogP contribution in [0.15, 0.2) is 81.0 Å². The number of thioether (sulfide) groups is 1. The van der Waals surface area contributed by atoms with E-state index in [-0.39, 0.29) is 16.5 Å². The number of pyridine rings is 1. The van der Waals surface area contributed by atoms with E-state index in [9.17, 15) is 14.7 Å². The lowest BCUT2D eigenvalue weighted by atomic mass is 9.96. The number of carbonyl (C=O) groups is 2. The molecule has 3 aromatic heterocycles. The first-order chi connectivity index (χ1) is 16.9. The van der Waals surface area contributed by atoms with Crippen LogP contribution >= 0.6 is 34.7 Å². The fourth-order valence-electron chi connectivity index (χ4n) is 3.70. The van der Waals surface area contributed by atoms with E-state index in [1.54, 1.807) is 37.5 Å². The van der Waals surface area contributed by atoms with Gasteiger partial charge in [-0.1, -0.05) is 52.9 Å². The minimum atomic E-state index is -0.919. The van der Waals surface area contributed by atoms with Crippen molar-refractivity contribution in [3.05, 3.63) is 99.9 Å². The van der Waals surface area contributed by atoms with Gasteiger partial charge in [-0.2, -0.15) is 0 Å². The van der Waals surface area contributed by atoms with Gasteiger partial charge in [0.15, 0.2) is 15.9 Å². The molecule has 1 atom stereocenters. The summed E-state index contributed by atoms with van der Waals surface area (Å²) in [6.07, 6.45) is 3.11. The number of nitrogens with zero attached hydrogens (tertiary/aromatic N) is 4. The van der Waals surface area contributed by atoms with Gasteiger partial charge in [0.05, 0.1) is 11.6 Å². The van der Waals surface area contributed by atoms with Crippen molar-refractivity contribution in [2.75, 3.05) is 4.90 Å². The van der Waals surface area contributed by atoms with Crippen molar-refractivity contribution in [2.24, 2.45) is 0 Å². The number of halogens is 1. The number of anilines is 1. The number of hydrogen-bond donors (Lipinski definition) is 1. The maximum atomic E-state index is 13.3. The highest BCUT2D eigenvalue weighted by molar-refractivity contribution is 8.00. The topological polar surface area (TPSA) is 109 Å². The summed E-state index contributed by atoms with van der Waals surface area (Å²) in [5.41, 5.74) is 1.45. The van der Waals surface area contributed by atoms with Crippen molar-refractivity contribution in [3.63, 3.8) is 0 Å². The first-order valence-corrected chi connectivity index (χ1v) is 12.6. The molecule has 8 nitrogen and oxygen atoms in total. The number of ketones is 1. The normalized spacial score (nSPS) is 15.8. The largest absolute Gasteiger partial charge is 0.503 e. The standard InChI is InChI=1S/C24H17ClN4O4S2/c1-13-6-7-17(33-13)20(30)18-19(14-8-10-26-11-9-14)29(22(32)21(18)31)23-27-28-24(35-23)34-12-15-4-2-3-5-16(15)25/h2-11,19,31H,12H2,1H3. The molecule has 1 aliphatic rings. The molecule has 0 bridgehead atoms. The molecule has 0 radical (unpaired) electrons. The van der Waals surface area contributed by atoms with Gasteiger partial charge in [0.1, 0.15) is 5.76 Å². The molecular formula is C24H17ClN4O4S2. The number of aliphatic hydroxyl groups excluding tert-OH is 1. The highest BCUT2D eigenvalue weighted by Crippen LogP contribution is 2.44. The summed E-state index contributed by atoms with van der Waals surface area (Å²) < 4.78 is 6.09. The number of aryl methyl sites for hydroxylation is 1. The molecule has 0 aliphatic carbocycles. The number of Topliss-reactive ketones (excluding diaryl/α,β-unsaturated/α-hetero) is 1. The third-order valence-electron chi connectivity index (χ3n) is 5.35. The molecule has 4 aromatic rings. The number of rotatable bonds is 7. The summed E-state index contributed by atoms with van der Waals surface area (Å²) >= 11 is 8.86. The maximum absolute atomic E-state index is 13.3. The molecule has 1 aliphatic heterocycles. The lowest BCUT2D eigenvalue weighted by molar-refractivity contribution is -0.117. The Labute approximate surface area is 213 Å². The molecule has 0 saturated carbocycles. The molecule has 1 amide bonds. The van der Waals surface area contributed by atoms with E-state index >= 15 is 0 Å². The maximum Gasteiger partial charge on any atom is 0.296 e. The number of amides is 1. The SMILES string of the molecule is Cc1ccc(C(=O)C2=C(O)C(=O)N(c3nnc(SCc4ccccc4Cl)s3)C2c2ccncc2)o1. The zero-order valence-corrected chi connectivity index (χ0v) is 20.6. The van der Waals surface area contributed by atoms with Crippen molar-refractivity contribution >= 4 is 51.5 Å². The predicted octanol–water partition coefficient (Wildman–Crippen LogP) is 5.56. The monoisotopic (exact) mass is 524 g/mol. The van der Waals surface area contributed by atoms with Gasteiger partial charge in [-0.05, 0) is 48.4 Å². The van der Waals surface area contributed by atoms with Crippen LogP contribution in [0.25, 0.3) is 0 Å². The molecule has 0 fully saturated rings. The minimum absolute atomic E-state index is 0.0333. The molecule has 1 aromatic carbocycles. The molecule has 1 N–H and O–H groups in total. The molecular weight excluding hydrogens is 508 g/mol. The second kappa shape index (κ2) is 9.65. The zero-order valence-electron chi connectivity index (χ0n) is 18.2. The number of aliphatic hydroxyl groups is 1. The molecule has 35 heavy (non-hydrogen) atoms. The van der Waals surface area contributed by atoms with Gasteiger partial charge in [-0.15, -0.1) is 10.2 Å². The van der Waals surface area contributed by atoms with Gasteiger partial charge in [-0.25, -0.2) is 0 Å². The van der Waals surface area contributed by atoms with E-state index in [1.807, 2.05) is 24.3 Å². The summed E-state index contributed by atoms with van der Waals surface area (Å²) in [6.45, 7) is 1.71.